The first-order valence-electron chi connectivity index (χ1n) is 6.28. The van der Waals surface area contributed by atoms with Crippen LogP contribution in [0.2, 0.25) is 0 Å². The van der Waals surface area contributed by atoms with Crippen LogP contribution >= 0.6 is 0 Å². The van der Waals surface area contributed by atoms with Gasteiger partial charge in [-0.05, 0) is 31.2 Å². The standard InChI is InChI=1S/C13H15F2NO3S/c14-11-3-2-10(8-12(11)15)13(17)9-16-4-1-6-20(18,19)7-5-16/h2-3,8H,1,4-7,9H2. The second-order valence-corrected chi connectivity index (χ2v) is 7.14. The van der Waals surface area contributed by atoms with E-state index in [2.05, 4.69) is 0 Å². The number of halogens is 2. The van der Waals surface area contributed by atoms with Crippen LogP contribution in [-0.4, -0.2) is 50.2 Å². The van der Waals surface area contributed by atoms with E-state index in [9.17, 15) is 22.0 Å². The summed E-state index contributed by atoms with van der Waals surface area (Å²) in [5.41, 5.74) is 0.0935. The molecule has 0 N–H and O–H groups in total. The van der Waals surface area contributed by atoms with Crippen molar-refractivity contribution in [3.8, 4) is 0 Å². The van der Waals surface area contributed by atoms with Gasteiger partial charge >= 0.3 is 0 Å². The van der Waals surface area contributed by atoms with E-state index in [1.54, 1.807) is 4.90 Å². The molecule has 20 heavy (non-hydrogen) atoms. The van der Waals surface area contributed by atoms with Gasteiger partial charge in [-0.15, -0.1) is 0 Å². The molecule has 0 saturated carbocycles. The SMILES string of the molecule is O=C(CN1CCCS(=O)(=O)CC1)c1ccc(F)c(F)c1. The Kier molecular flexibility index (Phi) is 4.49. The lowest BCUT2D eigenvalue weighted by atomic mass is 10.1. The molecule has 0 aliphatic carbocycles. The molecule has 1 aliphatic rings. The molecule has 1 aromatic rings. The van der Waals surface area contributed by atoms with Gasteiger partial charge in [0.15, 0.2) is 27.3 Å². The third kappa shape index (κ3) is 3.83. The Morgan fingerprint density at radius 2 is 1.90 bits per heavy atom. The monoisotopic (exact) mass is 303 g/mol. The predicted molar refractivity (Wildman–Crippen MR) is 70.4 cm³/mol. The van der Waals surface area contributed by atoms with E-state index >= 15 is 0 Å². The van der Waals surface area contributed by atoms with Crippen molar-refractivity contribution < 1.29 is 22.0 Å². The van der Waals surface area contributed by atoms with Crippen molar-refractivity contribution in [2.24, 2.45) is 0 Å². The Hall–Kier alpha value is -1.34. The molecule has 0 radical (unpaired) electrons. The minimum Gasteiger partial charge on any atom is -0.295 e. The van der Waals surface area contributed by atoms with Crippen LogP contribution in [0.5, 0.6) is 0 Å². The first-order valence-corrected chi connectivity index (χ1v) is 8.10. The summed E-state index contributed by atoms with van der Waals surface area (Å²) in [6.45, 7) is 0.812. The van der Waals surface area contributed by atoms with Crippen LogP contribution < -0.4 is 0 Å². The first kappa shape index (κ1) is 15.1. The van der Waals surface area contributed by atoms with Gasteiger partial charge < -0.3 is 0 Å². The van der Waals surface area contributed by atoms with Gasteiger partial charge in [-0.2, -0.15) is 0 Å². The maximum absolute atomic E-state index is 13.1. The van der Waals surface area contributed by atoms with E-state index in [4.69, 9.17) is 0 Å². The smallest absolute Gasteiger partial charge is 0.176 e. The lowest BCUT2D eigenvalue weighted by Crippen LogP contribution is -2.32. The molecular formula is C13H15F2NO3S. The number of benzene rings is 1. The summed E-state index contributed by atoms with van der Waals surface area (Å²) in [5, 5.41) is 0. The topological polar surface area (TPSA) is 54.5 Å². The van der Waals surface area contributed by atoms with Crippen LogP contribution in [0.3, 0.4) is 0 Å². The molecule has 0 spiro atoms. The van der Waals surface area contributed by atoms with Crippen LogP contribution in [0.1, 0.15) is 16.8 Å². The predicted octanol–water partition coefficient (Wildman–Crippen LogP) is 1.27. The van der Waals surface area contributed by atoms with Crippen molar-refractivity contribution in [3.05, 3.63) is 35.4 Å². The number of nitrogens with zero attached hydrogens (tertiary/aromatic N) is 1. The Labute approximate surface area is 116 Å². The molecule has 1 heterocycles. The molecule has 0 aromatic heterocycles. The van der Waals surface area contributed by atoms with E-state index in [1.165, 1.54) is 6.07 Å². The summed E-state index contributed by atoms with van der Waals surface area (Å²) in [7, 11) is -3.03. The fourth-order valence-electron chi connectivity index (χ4n) is 2.11. The fourth-order valence-corrected chi connectivity index (χ4v) is 3.42. The molecule has 4 nitrogen and oxygen atoms in total. The maximum Gasteiger partial charge on any atom is 0.176 e. The highest BCUT2D eigenvalue weighted by molar-refractivity contribution is 7.91. The summed E-state index contributed by atoms with van der Waals surface area (Å²) in [6, 6.07) is 3.01. The van der Waals surface area contributed by atoms with Crippen LogP contribution in [0.25, 0.3) is 0 Å². The maximum atomic E-state index is 13.1. The summed E-state index contributed by atoms with van der Waals surface area (Å²) in [5.74, 6) is -2.25. The van der Waals surface area contributed by atoms with Crippen molar-refractivity contribution in [1.29, 1.82) is 0 Å². The molecule has 1 aliphatic heterocycles. The van der Waals surface area contributed by atoms with Gasteiger partial charge in [-0.3, -0.25) is 9.69 Å². The number of hydrogen-bond donors (Lipinski definition) is 0. The molecule has 7 heteroatoms. The number of carbonyl (C=O) groups excluding carboxylic acids is 1. The average molecular weight is 303 g/mol. The van der Waals surface area contributed by atoms with Crippen molar-refractivity contribution in [1.82, 2.24) is 4.90 Å². The highest BCUT2D eigenvalue weighted by Crippen LogP contribution is 2.11. The number of rotatable bonds is 3. The molecule has 0 amide bonds. The average Bonchev–Trinajstić information content (AvgIpc) is 2.54. The van der Waals surface area contributed by atoms with Crippen molar-refractivity contribution in [2.75, 3.05) is 31.1 Å². The highest BCUT2D eigenvalue weighted by atomic mass is 32.2. The Bertz CT molecular complexity index is 616. The van der Waals surface area contributed by atoms with Crippen LogP contribution in [0, 0.1) is 11.6 Å². The molecule has 110 valence electrons. The molecule has 0 bridgehead atoms. The molecule has 1 saturated heterocycles. The van der Waals surface area contributed by atoms with E-state index in [-0.39, 0.29) is 35.9 Å². The minimum atomic E-state index is -3.03. The van der Waals surface area contributed by atoms with Gasteiger partial charge in [-0.1, -0.05) is 0 Å². The van der Waals surface area contributed by atoms with Crippen LogP contribution in [0.15, 0.2) is 18.2 Å². The third-order valence-corrected chi connectivity index (χ3v) is 4.97. The Morgan fingerprint density at radius 1 is 1.15 bits per heavy atom. The largest absolute Gasteiger partial charge is 0.295 e. The van der Waals surface area contributed by atoms with Gasteiger partial charge in [0.05, 0.1) is 18.1 Å². The van der Waals surface area contributed by atoms with E-state index in [1.807, 2.05) is 0 Å². The van der Waals surface area contributed by atoms with Crippen molar-refractivity contribution in [3.63, 3.8) is 0 Å². The first-order chi connectivity index (χ1) is 9.37. The highest BCUT2D eigenvalue weighted by Gasteiger charge is 2.21. The molecule has 2 rings (SSSR count). The van der Waals surface area contributed by atoms with Crippen LogP contribution in [-0.2, 0) is 9.84 Å². The van der Waals surface area contributed by atoms with E-state index < -0.39 is 21.5 Å². The van der Waals surface area contributed by atoms with Gasteiger partial charge in [0.2, 0.25) is 0 Å². The van der Waals surface area contributed by atoms with Crippen molar-refractivity contribution >= 4 is 15.6 Å². The lowest BCUT2D eigenvalue weighted by molar-refractivity contribution is 0.0935. The summed E-state index contributed by atoms with van der Waals surface area (Å²) >= 11 is 0. The Morgan fingerprint density at radius 3 is 2.60 bits per heavy atom. The van der Waals surface area contributed by atoms with E-state index in [0.717, 1.165) is 12.1 Å². The molecule has 0 unspecified atom stereocenters. The lowest BCUT2D eigenvalue weighted by Gasteiger charge is -2.18. The normalized spacial score (nSPS) is 19.5. The summed E-state index contributed by atoms with van der Waals surface area (Å²) < 4.78 is 48.8. The third-order valence-electron chi connectivity index (χ3n) is 3.26. The zero-order chi connectivity index (χ0) is 14.8. The summed E-state index contributed by atoms with van der Waals surface area (Å²) in [6.07, 6.45) is 0.480. The quantitative estimate of drug-likeness (QED) is 0.789. The number of carbonyl (C=O) groups is 1. The minimum absolute atomic E-state index is 0.0145. The Balaban J connectivity index is 2.02. The fraction of sp³-hybridized carbons (Fsp3) is 0.462. The second-order valence-electron chi connectivity index (χ2n) is 4.83. The number of ketones is 1. The number of hydrogen-bond acceptors (Lipinski definition) is 4. The van der Waals surface area contributed by atoms with Crippen LogP contribution in [0.4, 0.5) is 8.78 Å². The van der Waals surface area contributed by atoms with Crippen molar-refractivity contribution in [2.45, 2.75) is 6.42 Å². The van der Waals surface area contributed by atoms with Gasteiger partial charge in [0, 0.05) is 12.1 Å². The van der Waals surface area contributed by atoms with Gasteiger partial charge in [0.1, 0.15) is 0 Å². The summed E-state index contributed by atoms with van der Waals surface area (Å²) in [4.78, 5) is 13.7. The van der Waals surface area contributed by atoms with E-state index in [0.29, 0.717) is 13.0 Å². The molecular weight excluding hydrogens is 288 g/mol. The van der Waals surface area contributed by atoms with Gasteiger partial charge in [0.25, 0.3) is 0 Å². The molecule has 0 atom stereocenters. The van der Waals surface area contributed by atoms with Gasteiger partial charge in [-0.25, -0.2) is 17.2 Å². The molecule has 1 fully saturated rings. The number of sulfone groups is 1. The molecule has 1 aromatic carbocycles. The zero-order valence-corrected chi connectivity index (χ0v) is 11.6. The number of Topliss-reactive ketones (excluding diaryl/α,β-unsaturated/α-hetero) is 1. The zero-order valence-electron chi connectivity index (χ0n) is 10.8. The second kappa shape index (κ2) is 5.97.